The lowest BCUT2D eigenvalue weighted by Gasteiger charge is -2.15. The molecule has 0 radical (unpaired) electrons. The van der Waals surface area contributed by atoms with Gasteiger partial charge in [0.1, 0.15) is 5.76 Å². The zero-order valence-electron chi connectivity index (χ0n) is 9.35. The van der Waals surface area contributed by atoms with Crippen LogP contribution in [0.5, 0.6) is 0 Å². The molecule has 0 aliphatic rings. The van der Waals surface area contributed by atoms with Crippen molar-refractivity contribution in [2.24, 2.45) is 0 Å². The molecule has 0 aliphatic heterocycles. The third-order valence-corrected chi connectivity index (χ3v) is 3.46. The molecule has 0 aromatic carbocycles. The molecule has 2 heterocycles. The summed E-state index contributed by atoms with van der Waals surface area (Å²) in [5, 5.41) is 5.62. The molecule has 0 bridgehead atoms. The summed E-state index contributed by atoms with van der Waals surface area (Å²) in [5.74, 6) is 0.887. The summed E-state index contributed by atoms with van der Waals surface area (Å²) in [4.78, 5) is 5.29. The van der Waals surface area contributed by atoms with Gasteiger partial charge in [0, 0.05) is 10.9 Å². The highest BCUT2D eigenvalue weighted by Gasteiger charge is 2.11. The summed E-state index contributed by atoms with van der Waals surface area (Å²) in [6, 6.07) is 4.70. The Kier molecular flexibility index (Phi) is 4.13. The van der Waals surface area contributed by atoms with Gasteiger partial charge in [-0.15, -0.1) is 11.3 Å². The predicted molar refractivity (Wildman–Crippen MR) is 65.3 cm³/mol. The maximum atomic E-state index is 5.21. The number of oxazole rings is 1. The molecular weight excluding hydrogens is 220 g/mol. The number of nitrogens with one attached hydrogen (secondary N) is 1. The van der Waals surface area contributed by atoms with Crippen LogP contribution in [0.25, 0.3) is 0 Å². The third-order valence-electron chi connectivity index (χ3n) is 2.47. The fourth-order valence-electron chi connectivity index (χ4n) is 1.68. The average Bonchev–Trinajstić information content (AvgIpc) is 2.96. The lowest BCUT2D eigenvalue weighted by molar-refractivity contribution is 0.435. The Morgan fingerprint density at radius 2 is 2.50 bits per heavy atom. The minimum absolute atomic E-state index is 0.426. The van der Waals surface area contributed by atoms with Crippen LogP contribution in [-0.4, -0.2) is 4.98 Å². The van der Waals surface area contributed by atoms with E-state index in [1.54, 1.807) is 17.5 Å². The molecule has 16 heavy (non-hydrogen) atoms. The Hall–Kier alpha value is -1.13. The van der Waals surface area contributed by atoms with Crippen molar-refractivity contribution in [3.05, 3.63) is 40.7 Å². The topological polar surface area (TPSA) is 38.1 Å². The van der Waals surface area contributed by atoms with Crippen LogP contribution in [0, 0.1) is 0 Å². The van der Waals surface area contributed by atoms with Crippen molar-refractivity contribution >= 4 is 11.3 Å². The molecule has 0 fully saturated rings. The highest BCUT2D eigenvalue weighted by Crippen LogP contribution is 2.23. The van der Waals surface area contributed by atoms with E-state index in [0.29, 0.717) is 6.04 Å². The second kappa shape index (κ2) is 5.82. The van der Waals surface area contributed by atoms with Gasteiger partial charge in [-0.3, -0.25) is 0 Å². The Labute approximate surface area is 99.5 Å². The van der Waals surface area contributed by atoms with Crippen LogP contribution < -0.4 is 5.32 Å². The van der Waals surface area contributed by atoms with Crippen LogP contribution in [0.2, 0.25) is 0 Å². The molecule has 86 valence electrons. The highest BCUT2D eigenvalue weighted by molar-refractivity contribution is 7.10. The number of thiophene rings is 1. The van der Waals surface area contributed by atoms with Gasteiger partial charge in [0.25, 0.3) is 0 Å². The van der Waals surface area contributed by atoms with Crippen molar-refractivity contribution in [1.82, 2.24) is 10.3 Å². The van der Waals surface area contributed by atoms with E-state index < -0.39 is 0 Å². The third kappa shape index (κ3) is 2.93. The lowest BCUT2D eigenvalue weighted by atomic mass is 10.1. The Balaban J connectivity index is 1.93. The minimum atomic E-state index is 0.426. The number of rotatable bonds is 6. The first-order chi connectivity index (χ1) is 7.90. The summed E-state index contributed by atoms with van der Waals surface area (Å²) in [6.45, 7) is 2.94. The Morgan fingerprint density at radius 1 is 1.56 bits per heavy atom. The van der Waals surface area contributed by atoms with Crippen molar-refractivity contribution in [2.45, 2.75) is 32.4 Å². The number of hydrogen-bond acceptors (Lipinski definition) is 4. The van der Waals surface area contributed by atoms with Crippen molar-refractivity contribution in [3.63, 3.8) is 0 Å². The maximum Gasteiger partial charge on any atom is 0.180 e. The van der Waals surface area contributed by atoms with E-state index in [-0.39, 0.29) is 0 Å². The molecule has 2 aromatic rings. The summed E-state index contributed by atoms with van der Waals surface area (Å²) in [5.41, 5.74) is 0. The quantitative estimate of drug-likeness (QED) is 0.835. The first-order valence-electron chi connectivity index (χ1n) is 5.54. The van der Waals surface area contributed by atoms with E-state index in [0.717, 1.165) is 18.7 Å². The molecule has 0 saturated heterocycles. The van der Waals surface area contributed by atoms with E-state index in [2.05, 4.69) is 34.7 Å². The van der Waals surface area contributed by atoms with E-state index in [1.165, 1.54) is 17.7 Å². The van der Waals surface area contributed by atoms with Crippen molar-refractivity contribution in [1.29, 1.82) is 0 Å². The normalized spacial score (nSPS) is 12.8. The summed E-state index contributed by atoms with van der Waals surface area (Å²) in [7, 11) is 0. The van der Waals surface area contributed by atoms with Gasteiger partial charge in [0.15, 0.2) is 6.39 Å². The van der Waals surface area contributed by atoms with E-state index in [1.807, 2.05) is 0 Å². The number of hydrogen-bond donors (Lipinski definition) is 1. The van der Waals surface area contributed by atoms with Crippen LogP contribution in [0.3, 0.4) is 0 Å². The molecule has 0 amide bonds. The van der Waals surface area contributed by atoms with Crippen LogP contribution in [0.15, 0.2) is 34.5 Å². The molecule has 2 aromatic heterocycles. The van der Waals surface area contributed by atoms with E-state index in [9.17, 15) is 0 Å². The van der Waals surface area contributed by atoms with Gasteiger partial charge in [-0.25, -0.2) is 4.98 Å². The second-order valence-electron chi connectivity index (χ2n) is 3.71. The molecule has 4 heteroatoms. The van der Waals surface area contributed by atoms with Crippen molar-refractivity contribution in [2.75, 3.05) is 0 Å². The van der Waals surface area contributed by atoms with Gasteiger partial charge < -0.3 is 9.73 Å². The molecule has 3 nitrogen and oxygen atoms in total. The van der Waals surface area contributed by atoms with Crippen molar-refractivity contribution in [3.8, 4) is 0 Å². The van der Waals surface area contributed by atoms with Gasteiger partial charge in [-0.1, -0.05) is 19.4 Å². The second-order valence-corrected chi connectivity index (χ2v) is 4.68. The van der Waals surface area contributed by atoms with Crippen LogP contribution >= 0.6 is 11.3 Å². The van der Waals surface area contributed by atoms with E-state index in [4.69, 9.17) is 4.42 Å². The van der Waals surface area contributed by atoms with Crippen molar-refractivity contribution < 1.29 is 4.42 Å². The van der Waals surface area contributed by atoms with Crippen LogP contribution in [0.1, 0.15) is 36.4 Å². The Bertz CT molecular complexity index is 383. The molecule has 0 spiro atoms. The molecular formula is C12H16N2OS. The lowest BCUT2D eigenvalue weighted by Crippen LogP contribution is -2.19. The maximum absolute atomic E-state index is 5.21. The molecule has 1 N–H and O–H groups in total. The first-order valence-corrected chi connectivity index (χ1v) is 6.42. The largest absolute Gasteiger partial charge is 0.447 e. The summed E-state index contributed by atoms with van der Waals surface area (Å²) >= 11 is 1.80. The van der Waals surface area contributed by atoms with Gasteiger partial charge in [0.2, 0.25) is 0 Å². The van der Waals surface area contributed by atoms with E-state index >= 15 is 0 Å². The molecule has 1 atom stereocenters. The highest BCUT2D eigenvalue weighted by atomic mass is 32.1. The van der Waals surface area contributed by atoms with Gasteiger partial charge in [0.05, 0.1) is 12.7 Å². The zero-order chi connectivity index (χ0) is 11.2. The average molecular weight is 236 g/mol. The predicted octanol–water partition coefficient (Wildman–Crippen LogP) is 3.37. The van der Waals surface area contributed by atoms with Crippen LogP contribution in [0.4, 0.5) is 0 Å². The van der Waals surface area contributed by atoms with Crippen LogP contribution in [-0.2, 0) is 6.54 Å². The monoisotopic (exact) mass is 236 g/mol. The fourth-order valence-corrected chi connectivity index (χ4v) is 2.51. The smallest absolute Gasteiger partial charge is 0.180 e. The Morgan fingerprint density at radius 3 is 3.12 bits per heavy atom. The van der Waals surface area contributed by atoms with Gasteiger partial charge >= 0.3 is 0 Å². The number of aromatic nitrogens is 1. The zero-order valence-corrected chi connectivity index (χ0v) is 10.2. The summed E-state index contributed by atoms with van der Waals surface area (Å²) in [6.07, 6.45) is 5.54. The molecule has 1 unspecified atom stereocenters. The minimum Gasteiger partial charge on any atom is -0.447 e. The standard InChI is InChI=1S/C12H16N2OS/c1-2-4-11(12-5-3-6-16-12)14-8-10-7-13-9-15-10/h3,5-7,9,11,14H,2,4,8H2,1H3. The molecule has 0 aliphatic carbocycles. The SMILES string of the molecule is CCCC(NCc1cnco1)c1cccs1. The van der Waals surface area contributed by atoms with Gasteiger partial charge in [-0.2, -0.15) is 0 Å². The molecule has 2 rings (SSSR count). The first kappa shape index (κ1) is 11.4. The fraction of sp³-hybridized carbons (Fsp3) is 0.417. The number of nitrogens with zero attached hydrogens (tertiary/aromatic N) is 1. The van der Waals surface area contributed by atoms with Gasteiger partial charge in [-0.05, 0) is 17.9 Å². The summed E-state index contributed by atoms with van der Waals surface area (Å²) < 4.78 is 5.21. The molecule has 0 saturated carbocycles.